The van der Waals surface area contributed by atoms with E-state index in [1.807, 2.05) is 24.3 Å². The van der Waals surface area contributed by atoms with Crippen LogP contribution in [0.3, 0.4) is 0 Å². The van der Waals surface area contributed by atoms with Crippen LogP contribution in [-0.4, -0.2) is 18.9 Å². The van der Waals surface area contributed by atoms with Gasteiger partial charge in [-0.3, -0.25) is 4.79 Å². The first-order valence-electron chi connectivity index (χ1n) is 8.38. The van der Waals surface area contributed by atoms with Crippen molar-refractivity contribution in [2.24, 2.45) is 0 Å². The lowest BCUT2D eigenvalue weighted by Gasteiger charge is -2.04. The van der Waals surface area contributed by atoms with Crippen molar-refractivity contribution < 1.29 is 18.7 Å². The number of ether oxygens (including phenoxy) is 1. The van der Waals surface area contributed by atoms with Crippen LogP contribution in [0.2, 0.25) is 5.02 Å². The Bertz CT molecular complexity index is 1090. The van der Waals surface area contributed by atoms with E-state index in [1.165, 1.54) is 7.11 Å². The minimum absolute atomic E-state index is 0.0306. The molecular formula is C22H15ClO4. The van der Waals surface area contributed by atoms with Gasteiger partial charge in [-0.2, -0.15) is 0 Å². The van der Waals surface area contributed by atoms with E-state index in [-0.39, 0.29) is 11.3 Å². The maximum absolute atomic E-state index is 12.5. The standard InChI is InChI=1S/C22H15ClO4/c1-26-22(25)18-12-14(6-8-19(18)23)20-9-7-16(27-20)11-15-10-13-4-2-3-5-17(13)21(15)24/h2-9,11-12H,10H2,1H3/b15-11+. The van der Waals surface area contributed by atoms with Crippen LogP contribution in [0.25, 0.3) is 17.4 Å². The zero-order valence-electron chi connectivity index (χ0n) is 14.5. The summed E-state index contributed by atoms with van der Waals surface area (Å²) in [7, 11) is 1.30. The molecule has 0 aliphatic heterocycles. The predicted octanol–water partition coefficient (Wildman–Crippen LogP) is 5.21. The Balaban J connectivity index is 1.64. The number of hydrogen-bond donors (Lipinski definition) is 0. The van der Waals surface area contributed by atoms with Gasteiger partial charge in [0.2, 0.25) is 0 Å². The highest BCUT2D eigenvalue weighted by molar-refractivity contribution is 6.33. The maximum Gasteiger partial charge on any atom is 0.339 e. The Kier molecular flexibility index (Phi) is 4.42. The van der Waals surface area contributed by atoms with Crippen molar-refractivity contribution in [1.82, 2.24) is 0 Å². The number of methoxy groups -OCH3 is 1. The van der Waals surface area contributed by atoms with Crippen LogP contribution in [0.15, 0.2) is 64.6 Å². The monoisotopic (exact) mass is 378 g/mol. The summed E-state index contributed by atoms with van der Waals surface area (Å²) in [6.07, 6.45) is 2.36. The molecule has 0 spiro atoms. The number of benzene rings is 2. The SMILES string of the molecule is COC(=O)c1cc(-c2ccc(/C=C3\Cc4ccccc4C3=O)o2)ccc1Cl. The molecule has 1 heterocycles. The summed E-state index contributed by atoms with van der Waals surface area (Å²) in [5.74, 6) is 0.676. The van der Waals surface area contributed by atoms with Crippen molar-refractivity contribution in [2.75, 3.05) is 7.11 Å². The van der Waals surface area contributed by atoms with Gasteiger partial charge in [0.15, 0.2) is 5.78 Å². The van der Waals surface area contributed by atoms with Gasteiger partial charge in [0.25, 0.3) is 0 Å². The lowest BCUT2D eigenvalue weighted by atomic mass is 10.1. The third kappa shape index (κ3) is 3.20. The molecule has 0 atom stereocenters. The maximum atomic E-state index is 12.5. The zero-order chi connectivity index (χ0) is 19.0. The van der Waals surface area contributed by atoms with Crippen molar-refractivity contribution in [3.8, 4) is 11.3 Å². The van der Waals surface area contributed by atoms with Crippen LogP contribution in [0, 0.1) is 0 Å². The number of carbonyl (C=O) groups excluding carboxylic acids is 2. The average Bonchev–Trinajstić information content (AvgIpc) is 3.27. The highest BCUT2D eigenvalue weighted by Gasteiger charge is 2.24. The molecule has 134 valence electrons. The second kappa shape index (κ2) is 6.89. The Labute approximate surface area is 161 Å². The zero-order valence-corrected chi connectivity index (χ0v) is 15.2. The Hall–Kier alpha value is -3.11. The summed E-state index contributed by atoms with van der Waals surface area (Å²) in [6, 6.07) is 16.2. The first-order valence-corrected chi connectivity index (χ1v) is 8.76. The molecule has 0 fully saturated rings. The van der Waals surface area contributed by atoms with E-state index in [0.717, 1.165) is 11.1 Å². The molecule has 0 saturated carbocycles. The Morgan fingerprint density at radius 1 is 1.15 bits per heavy atom. The van der Waals surface area contributed by atoms with E-state index >= 15 is 0 Å². The fourth-order valence-corrected chi connectivity index (χ4v) is 3.37. The molecule has 3 aromatic rings. The number of fused-ring (bicyclic) bond motifs is 1. The summed E-state index contributed by atoms with van der Waals surface area (Å²) < 4.78 is 10.6. The fraction of sp³-hybridized carbons (Fsp3) is 0.0909. The van der Waals surface area contributed by atoms with Gasteiger partial charge < -0.3 is 9.15 Å². The second-order valence-electron chi connectivity index (χ2n) is 6.22. The van der Waals surface area contributed by atoms with Gasteiger partial charge in [0.1, 0.15) is 11.5 Å². The summed E-state index contributed by atoms with van der Waals surface area (Å²) in [5, 5.41) is 0.314. The van der Waals surface area contributed by atoms with E-state index in [4.69, 9.17) is 20.8 Å². The van der Waals surface area contributed by atoms with Gasteiger partial charge in [-0.25, -0.2) is 4.79 Å². The van der Waals surface area contributed by atoms with E-state index in [1.54, 1.807) is 36.4 Å². The lowest BCUT2D eigenvalue weighted by Crippen LogP contribution is -2.02. The normalized spacial score (nSPS) is 14.4. The molecular weight excluding hydrogens is 364 g/mol. The van der Waals surface area contributed by atoms with Gasteiger partial charge in [0.05, 0.1) is 17.7 Å². The number of allylic oxidation sites excluding steroid dienone is 1. The molecule has 0 radical (unpaired) electrons. The first kappa shape index (κ1) is 17.3. The van der Waals surface area contributed by atoms with Crippen LogP contribution in [0.1, 0.15) is 32.0 Å². The quantitative estimate of drug-likeness (QED) is 0.463. The summed E-state index contributed by atoms with van der Waals surface area (Å²) in [4.78, 5) is 24.3. The van der Waals surface area contributed by atoms with Gasteiger partial charge >= 0.3 is 5.97 Å². The van der Waals surface area contributed by atoms with Gasteiger partial charge in [0, 0.05) is 23.1 Å². The molecule has 27 heavy (non-hydrogen) atoms. The second-order valence-corrected chi connectivity index (χ2v) is 6.63. The predicted molar refractivity (Wildman–Crippen MR) is 103 cm³/mol. The van der Waals surface area contributed by atoms with Crippen LogP contribution in [0.4, 0.5) is 0 Å². The Morgan fingerprint density at radius 3 is 2.74 bits per heavy atom. The lowest BCUT2D eigenvalue weighted by molar-refractivity contribution is 0.0601. The van der Waals surface area contributed by atoms with Crippen LogP contribution in [-0.2, 0) is 11.2 Å². The smallest absolute Gasteiger partial charge is 0.339 e. The summed E-state index contributed by atoms with van der Waals surface area (Å²) in [6.45, 7) is 0. The van der Waals surface area contributed by atoms with E-state index in [0.29, 0.717) is 34.1 Å². The van der Waals surface area contributed by atoms with Crippen LogP contribution < -0.4 is 0 Å². The molecule has 4 rings (SSSR count). The molecule has 1 aliphatic carbocycles. The number of Topliss-reactive ketones (excluding diaryl/α,β-unsaturated/α-hetero) is 1. The third-order valence-corrected chi connectivity index (χ3v) is 4.86. The topological polar surface area (TPSA) is 56.5 Å². The molecule has 0 amide bonds. The van der Waals surface area contributed by atoms with E-state index in [2.05, 4.69) is 0 Å². The third-order valence-electron chi connectivity index (χ3n) is 4.53. The minimum atomic E-state index is -0.509. The fourth-order valence-electron chi connectivity index (χ4n) is 3.17. The molecule has 2 aromatic carbocycles. The number of ketones is 1. The van der Waals surface area contributed by atoms with Crippen molar-refractivity contribution in [1.29, 1.82) is 0 Å². The van der Waals surface area contributed by atoms with Gasteiger partial charge in [-0.1, -0.05) is 35.9 Å². The largest absolute Gasteiger partial charge is 0.465 e. The number of furan rings is 1. The molecule has 1 aliphatic rings. The molecule has 0 bridgehead atoms. The Morgan fingerprint density at radius 2 is 1.96 bits per heavy atom. The van der Waals surface area contributed by atoms with E-state index in [9.17, 15) is 9.59 Å². The summed E-state index contributed by atoms with van der Waals surface area (Å²) >= 11 is 6.06. The number of esters is 1. The van der Waals surface area contributed by atoms with Crippen molar-refractivity contribution in [3.05, 3.63) is 87.6 Å². The van der Waals surface area contributed by atoms with Crippen LogP contribution >= 0.6 is 11.6 Å². The molecule has 5 heteroatoms. The van der Waals surface area contributed by atoms with Crippen LogP contribution in [0.5, 0.6) is 0 Å². The van der Waals surface area contributed by atoms with Crippen molar-refractivity contribution in [2.45, 2.75) is 6.42 Å². The molecule has 0 N–H and O–H groups in total. The van der Waals surface area contributed by atoms with Gasteiger partial charge in [-0.15, -0.1) is 0 Å². The minimum Gasteiger partial charge on any atom is -0.465 e. The summed E-state index contributed by atoms with van der Waals surface area (Å²) in [5.41, 5.74) is 3.44. The van der Waals surface area contributed by atoms with E-state index < -0.39 is 5.97 Å². The molecule has 1 aromatic heterocycles. The van der Waals surface area contributed by atoms with Gasteiger partial charge in [-0.05, 0) is 42.0 Å². The number of carbonyl (C=O) groups is 2. The average molecular weight is 379 g/mol. The molecule has 4 nitrogen and oxygen atoms in total. The highest BCUT2D eigenvalue weighted by atomic mass is 35.5. The number of hydrogen-bond acceptors (Lipinski definition) is 4. The van der Waals surface area contributed by atoms with Crippen molar-refractivity contribution in [3.63, 3.8) is 0 Å². The number of rotatable bonds is 3. The number of halogens is 1. The highest BCUT2D eigenvalue weighted by Crippen LogP contribution is 2.31. The van der Waals surface area contributed by atoms with Crippen molar-refractivity contribution >= 4 is 29.4 Å². The first-order chi connectivity index (χ1) is 13.1. The molecule has 0 saturated heterocycles. The molecule has 0 unspecified atom stereocenters.